The van der Waals surface area contributed by atoms with E-state index >= 15 is 0 Å². The third-order valence-electron chi connectivity index (χ3n) is 5.11. The highest BCUT2D eigenvalue weighted by Gasteiger charge is 2.30. The molecule has 31 heavy (non-hydrogen) atoms. The Hall–Kier alpha value is -3.52. The molecular weight excluding hydrogens is 416 g/mol. The normalized spacial score (nSPS) is 12.8. The molecule has 0 radical (unpaired) electrons. The molecule has 1 amide bonds. The zero-order chi connectivity index (χ0) is 22.0. The van der Waals surface area contributed by atoms with E-state index < -0.39 is 23.9 Å². The van der Waals surface area contributed by atoms with Gasteiger partial charge < -0.3 is 14.8 Å². The van der Waals surface area contributed by atoms with E-state index in [1.165, 1.54) is 55.5 Å². The van der Waals surface area contributed by atoms with Crippen molar-refractivity contribution in [2.75, 3.05) is 12.4 Å². The van der Waals surface area contributed by atoms with Crippen LogP contribution in [0.2, 0.25) is 0 Å². The van der Waals surface area contributed by atoms with Gasteiger partial charge in [0.25, 0.3) is 5.91 Å². The van der Waals surface area contributed by atoms with Crippen molar-refractivity contribution in [3.05, 3.63) is 71.0 Å². The minimum absolute atomic E-state index is 0.299. The number of benzene rings is 1. The molecule has 7 nitrogen and oxygen atoms in total. The van der Waals surface area contributed by atoms with Gasteiger partial charge in [-0.2, -0.15) is 0 Å². The number of pyridine rings is 1. The number of esters is 2. The van der Waals surface area contributed by atoms with Gasteiger partial charge in [0.1, 0.15) is 5.00 Å². The zero-order valence-electron chi connectivity index (χ0n) is 17.0. The second-order valence-electron chi connectivity index (χ2n) is 7.04. The molecule has 1 aliphatic rings. The first-order chi connectivity index (χ1) is 15.0. The molecule has 8 heteroatoms. The van der Waals surface area contributed by atoms with Crippen LogP contribution in [0.4, 0.5) is 5.00 Å². The number of amides is 1. The lowest BCUT2D eigenvalue weighted by Crippen LogP contribution is -2.30. The molecule has 0 saturated heterocycles. The lowest BCUT2D eigenvalue weighted by molar-refractivity contribution is -0.123. The molecule has 1 unspecified atom stereocenters. The smallest absolute Gasteiger partial charge is 0.341 e. The number of fused-ring (bicyclic) bond motifs is 3. The van der Waals surface area contributed by atoms with E-state index in [-0.39, 0.29) is 0 Å². The van der Waals surface area contributed by atoms with Crippen molar-refractivity contribution < 1.29 is 23.9 Å². The number of ether oxygens (including phenoxy) is 2. The van der Waals surface area contributed by atoms with Gasteiger partial charge in [-0.3, -0.25) is 9.78 Å². The Morgan fingerprint density at radius 3 is 2.55 bits per heavy atom. The highest BCUT2D eigenvalue weighted by Crippen LogP contribution is 2.45. The fourth-order valence-electron chi connectivity index (χ4n) is 3.53. The number of methoxy groups -OCH3 is 1. The summed E-state index contributed by atoms with van der Waals surface area (Å²) >= 11 is 1.33. The summed E-state index contributed by atoms with van der Waals surface area (Å²) in [4.78, 5) is 42.3. The third-order valence-corrected chi connectivity index (χ3v) is 6.29. The summed E-state index contributed by atoms with van der Waals surface area (Å²) in [7, 11) is 1.31. The van der Waals surface area contributed by atoms with Gasteiger partial charge in [-0.05, 0) is 48.6 Å². The summed E-state index contributed by atoms with van der Waals surface area (Å²) in [5.74, 6) is -1.66. The summed E-state index contributed by atoms with van der Waals surface area (Å²) in [6.07, 6.45) is 3.36. The summed E-state index contributed by atoms with van der Waals surface area (Å²) in [5, 5.41) is 3.15. The highest BCUT2D eigenvalue weighted by atomic mass is 32.1. The monoisotopic (exact) mass is 436 g/mol. The second-order valence-corrected chi connectivity index (χ2v) is 8.06. The number of nitrogens with zero attached hydrogens (tertiary/aromatic N) is 1. The standard InChI is InChI=1S/C23H20N2O5S/c1-13(30-22(27)15-9-11-24-12-10-15)20(26)25-21-18(23(28)29-2)17-8-7-14-5-3-4-6-16(14)19(17)31-21/h3-6,9-13H,7-8H2,1-2H3,(H,25,26). The third kappa shape index (κ3) is 4.06. The van der Waals surface area contributed by atoms with Crippen molar-refractivity contribution in [3.63, 3.8) is 0 Å². The highest BCUT2D eigenvalue weighted by molar-refractivity contribution is 7.20. The van der Waals surface area contributed by atoms with E-state index in [1.807, 2.05) is 18.2 Å². The molecule has 1 aromatic carbocycles. The maximum atomic E-state index is 12.8. The van der Waals surface area contributed by atoms with Crippen molar-refractivity contribution in [1.29, 1.82) is 0 Å². The zero-order valence-corrected chi connectivity index (χ0v) is 17.8. The van der Waals surface area contributed by atoms with Gasteiger partial charge in [-0.25, -0.2) is 9.59 Å². The van der Waals surface area contributed by atoms with Crippen LogP contribution in [0, 0.1) is 0 Å². The summed E-state index contributed by atoms with van der Waals surface area (Å²) in [5.41, 5.74) is 3.78. The predicted octanol–water partition coefficient (Wildman–Crippen LogP) is 3.88. The summed E-state index contributed by atoms with van der Waals surface area (Å²) in [6.45, 7) is 1.48. The summed E-state index contributed by atoms with van der Waals surface area (Å²) < 4.78 is 10.2. The Morgan fingerprint density at radius 2 is 1.81 bits per heavy atom. The first-order valence-corrected chi connectivity index (χ1v) is 10.6. The first kappa shape index (κ1) is 20.7. The second kappa shape index (κ2) is 8.69. The molecular formula is C23H20N2O5S. The van der Waals surface area contributed by atoms with Crippen molar-refractivity contribution in [1.82, 2.24) is 4.98 Å². The number of carbonyl (C=O) groups is 3. The fourth-order valence-corrected chi connectivity index (χ4v) is 4.83. The molecule has 0 fully saturated rings. The summed E-state index contributed by atoms with van der Waals surface area (Å²) in [6, 6.07) is 11.0. The van der Waals surface area contributed by atoms with Crippen LogP contribution < -0.4 is 5.32 Å². The minimum Gasteiger partial charge on any atom is -0.465 e. The first-order valence-electron chi connectivity index (χ1n) is 9.73. The number of anilines is 1. The molecule has 0 saturated carbocycles. The van der Waals surface area contributed by atoms with Crippen molar-refractivity contribution in [3.8, 4) is 10.4 Å². The predicted molar refractivity (Wildman–Crippen MR) is 116 cm³/mol. The van der Waals surface area contributed by atoms with E-state index in [1.54, 1.807) is 0 Å². The van der Waals surface area contributed by atoms with Crippen molar-refractivity contribution in [2.45, 2.75) is 25.9 Å². The van der Waals surface area contributed by atoms with Crippen LogP contribution >= 0.6 is 11.3 Å². The van der Waals surface area contributed by atoms with Gasteiger partial charge in [0.05, 0.1) is 18.2 Å². The van der Waals surface area contributed by atoms with Gasteiger partial charge in [0.2, 0.25) is 0 Å². The minimum atomic E-state index is -1.06. The van der Waals surface area contributed by atoms with Crippen LogP contribution in [0.1, 0.15) is 38.8 Å². The van der Waals surface area contributed by atoms with Crippen molar-refractivity contribution >= 4 is 34.2 Å². The maximum Gasteiger partial charge on any atom is 0.341 e. The van der Waals surface area contributed by atoms with Crippen LogP contribution in [-0.2, 0) is 27.1 Å². The fraction of sp³-hybridized carbons (Fsp3) is 0.217. The van der Waals surface area contributed by atoms with Gasteiger partial charge in [-0.1, -0.05) is 24.3 Å². The van der Waals surface area contributed by atoms with Crippen molar-refractivity contribution in [2.24, 2.45) is 0 Å². The molecule has 4 rings (SSSR count). The average molecular weight is 436 g/mol. The molecule has 158 valence electrons. The Balaban J connectivity index is 1.59. The number of thiophene rings is 1. The molecule has 0 spiro atoms. The van der Waals surface area contributed by atoms with Crippen LogP contribution in [0.25, 0.3) is 10.4 Å². The average Bonchev–Trinajstić information content (AvgIpc) is 3.17. The van der Waals surface area contributed by atoms with Gasteiger partial charge >= 0.3 is 11.9 Å². The number of carbonyl (C=O) groups excluding carboxylic acids is 3. The van der Waals surface area contributed by atoms with E-state index in [0.29, 0.717) is 22.5 Å². The Labute approximate surface area is 183 Å². The largest absolute Gasteiger partial charge is 0.465 e. The molecule has 2 heterocycles. The number of hydrogen-bond donors (Lipinski definition) is 1. The molecule has 0 bridgehead atoms. The van der Waals surface area contributed by atoms with Gasteiger partial charge in [0.15, 0.2) is 6.10 Å². The Kier molecular flexibility index (Phi) is 5.81. The Morgan fingerprint density at radius 1 is 1.06 bits per heavy atom. The molecule has 3 aromatic rings. The van der Waals surface area contributed by atoms with E-state index in [4.69, 9.17) is 9.47 Å². The number of aromatic nitrogens is 1. The lowest BCUT2D eigenvalue weighted by Gasteiger charge is -2.16. The lowest BCUT2D eigenvalue weighted by atomic mass is 9.89. The van der Waals surface area contributed by atoms with E-state index in [0.717, 1.165) is 22.4 Å². The quantitative estimate of drug-likeness (QED) is 0.610. The molecule has 1 aliphatic carbocycles. The number of rotatable bonds is 5. The van der Waals surface area contributed by atoms with Crippen LogP contribution in [0.5, 0.6) is 0 Å². The Bertz CT molecular complexity index is 1160. The molecule has 1 atom stereocenters. The van der Waals surface area contributed by atoms with Crippen LogP contribution in [0.15, 0.2) is 48.8 Å². The topological polar surface area (TPSA) is 94.6 Å². The number of nitrogens with one attached hydrogen (secondary N) is 1. The molecule has 2 aromatic heterocycles. The maximum absolute atomic E-state index is 12.8. The van der Waals surface area contributed by atoms with Crippen LogP contribution in [-0.4, -0.2) is 36.0 Å². The SMILES string of the molecule is COC(=O)c1c(NC(=O)C(C)OC(=O)c2ccncc2)sc2c1CCc1ccccc1-2. The molecule has 1 N–H and O–H groups in total. The van der Waals surface area contributed by atoms with E-state index in [9.17, 15) is 14.4 Å². The number of hydrogen-bond acceptors (Lipinski definition) is 7. The van der Waals surface area contributed by atoms with Gasteiger partial charge in [-0.15, -0.1) is 11.3 Å². The molecule has 0 aliphatic heterocycles. The van der Waals surface area contributed by atoms with Gasteiger partial charge in [0, 0.05) is 17.3 Å². The number of aryl methyl sites for hydroxylation is 1. The van der Waals surface area contributed by atoms with E-state index in [2.05, 4.69) is 16.4 Å². The van der Waals surface area contributed by atoms with Crippen LogP contribution in [0.3, 0.4) is 0 Å².